The number of aromatic amines is 1. The molecule has 4 heteroatoms. The van der Waals surface area contributed by atoms with Crippen molar-refractivity contribution >= 4 is 0 Å². The van der Waals surface area contributed by atoms with Gasteiger partial charge in [0, 0.05) is 6.07 Å². The summed E-state index contributed by atoms with van der Waals surface area (Å²) < 4.78 is 1.28. The number of para-hydroxylation sites is 1. The number of nitrogens with one attached hydrogen (secondary N) is 1. The van der Waals surface area contributed by atoms with E-state index in [0.717, 1.165) is 11.1 Å². The summed E-state index contributed by atoms with van der Waals surface area (Å²) in [5.41, 5.74) is 2.13. The van der Waals surface area contributed by atoms with Crippen molar-refractivity contribution in [1.82, 2.24) is 9.78 Å². The van der Waals surface area contributed by atoms with E-state index in [1.807, 2.05) is 49.4 Å². The number of benzene rings is 2. The van der Waals surface area contributed by atoms with Gasteiger partial charge in [0.05, 0.1) is 11.4 Å². The molecule has 3 rings (SSSR count). The lowest BCUT2D eigenvalue weighted by Gasteiger charge is -2.09. The summed E-state index contributed by atoms with van der Waals surface area (Å²) in [6, 6.07) is 18.1. The van der Waals surface area contributed by atoms with Gasteiger partial charge in [-0.05, 0) is 24.6 Å². The largest absolute Gasteiger partial charge is 0.317 e. The van der Waals surface area contributed by atoms with Crippen LogP contribution in [0.1, 0.15) is 5.56 Å². The summed E-state index contributed by atoms with van der Waals surface area (Å²) >= 11 is 0. The molecule has 0 aliphatic heterocycles. The van der Waals surface area contributed by atoms with Gasteiger partial charge < -0.3 is 0 Å². The molecule has 0 bridgehead atoms. The van der Waals surface area contributed by atoms with Gasteiger partial charge >= 0.3 is 5.56 Å². The molecule has 0 fully saturated rings. The first-order chi connectivity index (χ1) is 10.1. The lowest BCUT2D eigenvalue weighted by molar-refractivity contribution is 0.803. The number of hydrogen-bond acceptors (Lipinski definition) is 2. The number of aryl methyl sites for hydroxylation is 1. The second kappa shape index (κ2) is 5.25. The third kappa shape index (κ3) is 2.56. The molecule has 0 amide bonds. The number of rotatable bonds is 2. The van der Waals surface area contributed by atoms with Gasteiger partial charge in [-0.3, -0.25) is 14.7 Å². The van der Waals surface area contributed by atoms with E-state index in [2.05, 4.69) is 5.10 Å². The maximum Gasteiger partial charge on any atom is 0.317 e. The Bertz CT molecular complexity index is 875. The average Bonchev–Trinajstić information content (AvgIpc) is 2.51. The molecule has 1 heterocycles. The molecule has 0 saturated heterocycles. The molecule has 4 nitrogen and oxygen atoms in total. The minimum Gasteiger partial charge on any atom is -0.290 e. The van der Waals surface area contributed by atoms with Gasteiger partial charge in [-0.15, -0.1) is 0 Å². The SMILES string of the molecule is Cc1ccc(-c2cc(=O)c(=O)n(-c3ccccc3)[nH]2)cc1. The van der Waals surface area contributed by atoms with E-state index in [4.69, 9.17) is 0 Å². The van der Waals surface area contributed by atoms with Crippen LogP contribution in [-0.4, -0.2) is 9.78 Å². The minimum atomic E-state index is -0.586. The molecule has 1 aromatic heterocycles. The van der Waals surface area contributed by atoms with Crippen LogP contribution in [0.5, 0.6) is 0 Å². The molecule has 104 valence electrons. The van der Waals surface area contributed by atoms with Gasteiger partial charge in [0.25, 0.3) is 0 Å². The normalized spacial score (nSPS) is 10.5. The summed E-state index contributed by atoms with van der Waals surface area (Å²) in [4.78, 5) is 23.9. The molecule has 0 atom stereocenters. The molecule has 2 aromatic carbocycles. The topological polar surface area (TPSA) is 54.9 Å². The molecular formula is C17H14N2O2. The maximum absolute atomic E-state index is 12.0. The van der Waals surface area contributed by atoms with Gasteiger partial charge in [-0.1, -0.05) is 48.0 Å². The zero-order valence-electron chi connectivity index (χ0n) is 11.5. The zero-order chi connectivity index (χ0) is 14.8. The van der Waals surface area contributed by atoms with Gasteiger partial charge in [-0.2, -0.15) is 0 Å². The van der Waals surface area contributed by atoms with Crippen molar-refractivity contribution in [2.24, 2.45) is 0 Å². The fourth-order valence-corrected chi connectivity index (χ4v) is 2.15. The highest BCUT2D eigenvalue weighted by Crippen LogP contribution is 2.15. The van der Waals surface area contributed by atoms with Crippen LogP contribution >= 0.6 is 0 Å². The summed E-state index contributed by atoms with van der Waals surface area (Å²) in [5, 5.41) is 3.01. The first-order valence-electron chi connectivity index (χ1n) is 6.64. The lowest BCUT2D eigenvalue weighted by atomic mass is 10.1. The highest BCUT2D eigenvalue weighted by atomic mass is 16.2. The summed E-state index contributed by atoms with van der Waals surface area (Å²) in [6.07, 6.45) is 0. The summed E-state index contributed by atoms with van der Waals surface area (Å²) in [6.45, 7) is 2.00. The molecule has 0 saturated carbocycles. The van der Waals surface area contributed by atoms with Gasteiger partial charge in [0.15, 0.2) is 0 Å². The standard InChI is InChI=1S/C17H14N2O2/c1-12-7-9-13(10-8-12)15-11-16(20)17(21)19(18-15)14-5-3-2-4-6-14/h2-11,18H,1H3. The van der Waals surface area contributed by atoms with E-state index in [-0.39, 0.29) is 0 Å². The smallest absolute Gasteiger partial charge is 0.290 e. The van der Waals surface area contributed by atoms with Crippen molar-refractivity contribution < 1.29 is 0 Å². The van der Waals surface area contributed by atoms with Crippen molar-refractivity contribution in [3.63, 3.8) is 0 Å². The van der Waals surface area contributed by atoms with E-state index in [9.17, 15) is 9.59 Å². The first kappa shape index (κ1) is 13.1. The molecule has 3 aromatic rings. The Kier molecular flexibility index (Phi) is 3.28. The summed E-state index contributed by atoms with van der Waals surface area (Å²) in [7, 11) is 0. The third-order valence-electron chi connectivity index (χ3n) is 3.30. The van der Waals surface area contributed by atoms with Crippen LogP contribution in [-0.2, 0) is 0 Å². The second-order valence-corrected chi connectivity index (χ2v) is 4.88. The molecule has 0 radical (unpaired) electrons. The lowest BCUT2D eigenvalue weighted by Crippen LogP contribution is -2.34. The monoisotopic (exact) mass is 278 g/mol. The van der Waals surface area contributed by atoms with E-state index in [1.165, 1.54) is 10.7 Å². The number of nitrogens with zero attached hydrogens (tertiary/aromatic N) is 1. The molecular weight excluding hydrogens is 264 g/mol. The number of hydrogen-bond donors (Lipinski definition) is 1. The molecule has 0 unspecified atom stereocenters. The molecule has 0 spiro atoms. The second-order valence-electron chi connectivity index (χ2n) is 4.88. The van der Waals surface area contributed by atoms with E-state index >= 15 is 0 Å². The molecule has 0 aliphatic carbocycles. The van der Waals surface area contributed by atoms with Gasteiger partial charge in [0.2, 0.25) is 5.43 Å². The third-order valence-corrected chi connectivity index (χ3v) is 3.30. The van der Waals surface area contributed by atoms with Crippen LogP contribution in [0.2, 0.25) is 0 Å². The number of H-pyrrole nitrogens is 1. The predicted molar refractivity (Wildman–Crippen MR) is 82.8 cm³/mol. The van der Waals surface area contributed by atoms with Gasteiger partial charge in [-0.25, -0.2) is 4.68 Å². The maximum atomic E-state index is 12.0. The van der Waals surface area contributed by atoms with Crippen molar-refractivity contribution in [2.75, 3.05) is 0 Å². The van der Waals surface area contributed by atoms with Crippen LogP contribution in [0.15, 0.2) is 70.3 Å². The van der Waals surface area contributed by atoms with E-state index < -0.39 is 11.0 Å². The van der Waals surface area contributed by atoms with Crippen LogP contribution in [0, 0.1) is 6.92 Å². The van der Waals surface area contributed by atoms with Crippen LogP contribution in [0.4, 0.5) is 0 Å². The Hall–Kier alpha value is -2.88. The fraction of sp³-hybridized carbons (Fsp3) is 0.0588. The van der Waals surface area contributed by atoms with E-state index in [0.29, 0.717) is 11.4 Å². The predicted octanol–water partition coefficient (Wildman–Crippen LogP) is 2.50. The summed E-state index contributed by atoms with van der Waals surface area (Å²) in [5.74, 6) is 0. The highest BCUT2D eigenvalue weighted by Gasteiger charge is 2.07. The van der Waals surface area contributed by atoms with Crippen molar-refractivity contribution in [1.29, 1.82) is 0 Å². The van der Waals surface area contributed by atoms with Crippen molar-refractivity contribution in [3.8, 4) is 16.9 Å². The molecule has 21 heavy (non-hydrogen) atoms. The van der Waals surface area contributed by atoms with Crippen molar-refractivity contribution in [3.05, 3.63) is 86.8 Å². The Labute approximate surface area is 121 Å². The Morgan fingerprint density at radius 1 is 0.905 bits per heavy atom. The first-order valence-corrected chi connectivity index (χ1v) is 6.64. The Balaban J connectivity index is 2.21. The number of aromatic nitrogens is 2. The highest BCUT2D eigenvalue weighted by molar-refractivity contribution is 5.58. The van der Waals surface area contributed by atoms with Gasteiger partial charge in [0.1, 0.15) is 0 Å². The van der Waals surface area contributed by atoms with Crippen LogP contribution in [0.25, 0.3) is 16.9 Å². The Morgan fingerprint density at radius 3 is 2.24 bits per heavy atom. The van der Waals surface area contributed by atoms with Crippen molar-refractivity contribution in [2.45, 2.75) is 6.92 Å². The zero-order valence-corrected chi connectivity index (χ0v) is 11.5. The average molecular weight is 278 g/mol. The Morgan fingerprint density at radius 2 is 1.57 bits per heavy atom. The van der Waals surface area contributed by atoms with E-state index in [1.54, 1.807) is 12.1 Å². The van der Waals surface area contributed by atoms with Crippen LogP contribution < -0.4 is 11.0 Å². The van der Waals surface area contributed by atoms with Crippen LogP contribution in [0.3, 0.4) is 0 Å². The molecule has 0 aliphatic rings. The quantitative estimate of drug-likeness (QED) is 0.732. The fourth-order valence-electron chi connectivity index (χ4n) is 2.15. The molecule has 1 N–H and O–H groups in total. The minimum absolute atomic E-state index is 0.534.